The zero-order valence-electron chi connectivity index (χ0n) is 6.29. The summed E-state index contributed by atoms with van der Waals surface area (Å²) >= 11 is 0. The molecular formula is C7H13NO3. The van der Waals surface area contributed by atoms with Gasteiger partial charge in [-0.15, -0.1) is 0 Å². The van der Waals surface area contributed by atoms with E-state index in [1.54, 1.807) is 0 Å². The van der Waals surface area contributed by atoms with Crippen LogP contribution in [0.3, 0.4) is 0 Å². The molecule has 0 saturated heterocycles. The zero-order chi connectivity index (χ0) is 8.48. The lowest BCUT2D eigenvalue weighted by atomic mass is 9.80. The Labute approximate surface area is 65.0 Å². The first-order valence-corrected chi connectivity index (χ1v) is 3.78. The molecule has 0 aromatic heterocycles. The van der Waals surface area contributed by atoms with Crippen LogP contribution in [0.2, 0.25) is 0 Å². The largest absolute Gasteiger partial charge is 0.480 e. The number of rotatable bonds is 1. The standard InChI is InChI=1S/C7H13NO3/c8-7(6(10)11)4-2-1-3-5(7)9/h5,9H,1-4,8H2,(H,10,11). The highest BCUT2D eigenvalue weighted by molar-refractivity contribution is 5.79. The minimum absolute atomic E-state index is 0.378. The van der Waals surface area contributed by atoms with Crippen molar-refractivity contribution in [1.82, 2.24) is 0 Å². The van der Waals surface area contributed by atoms with Gasteiger partial charge in [-0.3, -0.25) is 4.79 Å². The predicted molar refractivity (Wildman–Crippen MR) is 39.0 cm³/mol. The van der Waals surface area contributed by atoms with Gasteiger partial charge in [0.25, 0.3) is 0 Å². The highest BCUT2D eigenvalue weighted by Gasteiger charge is 2.42. The fourth-order valence-corrected chi connectivity index (χ4v) is 1.43. The van der Waals surface area contributed by atoms with Crippen molar-refractivity contribution in [2.75, 3.05) is 0 Å². The Morgan fingerprint density at radius 3 is 2.55 bits per heavy atom. The minimum atomic E-state index is -1.39. The lowest BCUT2D eigenvalue weighted by molar-refractivity contribution is -0.150. The van der Waals surface area contributed by atoms with Crippen molar-refractivity contribution in [3.8, 4) is 0 Å². The van der Waals surface area contributed by atoms with E-state index < -0.39 is 17.6 Å². The number of carboxylic acids is 1. The fraction of sp³-hybridized carbons (Fsp3) is 0.857. The van der Waals surface area contributed by atoms with Crippen LogP contribution in [0.15, 0.2) is 0 Å². The van der Waals surface area contributed by atoms with Crippen LogP contribution in [0.1, 0.15) is 25.7 Å². The summed E-state index contributed by atoms with van der Waals surface area (Å²) in [5.74, 6) is -1.09. The Bertz CT molecular complexity index is 171. The molecule has 0 aromatic rings. The topological polar surface area (TPSA) is 83.6 Å². The lowest BCUT2D eigenvalue weighted by Crippen LogP contribution is -2.58. The predicted octanol–water partition coefficient (Wildman–Crippen LogP) is -0.297. The first kappa shape index (κ1) is 8.49. The maximum absolute atomic E-state index is 10.6. The van der Waals surface area contributed by atoms with Gasteiger partial charge in [0, 0.05) is 0 Å². The summed E-state index contributed by atoms with van der Waals surface area (Å²) in [6.45, 7) is 0. The molecule has 2 atom stereocenters. The average Bonchev–Trinajstić information content (AvgIpc) is 1.95. The van der Waals surface area contributed by atoms with Gasteiger partial charge < -0.3 is 15.9 Å². The average molecular weight is 159 g/mol. The highest BCUT2D eigenvalue weighted by Crippen LogP contribution is 2.26. The summed E-state index contributed by atoms with van der Waals surface area (Å²) in [4.78, 5) is 10.6. The third-order valence-corrected chi connectivity index (χ3v) is 2.31. The van der Waals surface area contributed by atoms with Crippen molar-refractivity contribution in [3.05, 3.63) is 0 Å². The summed E-state index contributed by atoms with van der Waals surface area (Å²) in [7, 11) is 0. The Morgan fingerprint density at radius 2 is 2.18 bits per heavy atom. The van der Waals surface area contributed by atoms with Crippen LogP contribution in [0.25, 0.3) is 0 Å². The molecule has 1 rings (SSSR count). The normalized spacial score (nSPS) is 38.5. The molecule has 0 aliphatic heterocycles. The zero-order valence-corrected chi connectivity index (χ0v) is 6.29. The third-order valence-electron chi connectivity index (χ3n) is 2.31. The van der Waals surface area contributed by atoms with Gasteiger partial charge in [-0.1, -0.05) is 12.8 Å². The molecule has 2 unspecified atom stereocenters. The highest BCUT2D eigenvalue weighted by atomic mass is 16.4. The molecule has 64 valence electrons. The Hall–Kier alpha value is -0.610. The summed E-state index contributed by atoms with van der Waals surface area (Å²) in [6.07, 6.45) is 1.66. The minimum Gasteiger partial charge on any atom is -0.480 e. The Morgan fingerprint density at radius 1 is 1.55 bits per heavy atom. The van der Waals surface area contributed by atoms with Crippen LogP contribution in [0.5, 0.6) is 0 Å². The van der Waals surface area contributed by atoms with Crippen LogP contribution in [-0.2, 0) is 4.79 Å². The smallest absolute Gasteiger partial charge is 0.326 e. The van der Waals surface area contributed by atoms with E-state index in [-0.39, 0.29) is 0 Å². The number of hydrogen-bond donors (Lipinski definition) is 3. The molecule has 1 saturated carbocycles. The maximum Gasteiger partial charge on any atom is 0.326 e. The fourth-order valence-electron chi connectivity index (χ4n) is 1.43. The van der Waals surface area contributed by atoms with Crippen molar-refractivity contribution in [2.24, 2.45) is 5.73 Å². The molecular weight excluding hydrogens is 146 g/mol. The van der Waals surface area contributed by atoms with E-state index >= 15 is 0 Å². The number of aliphatic hydroxyl groups is 1. The van der Waals surface area contributed by atoms with Gasteiger partial charge >= 0.3 is 5.97 Å². The molecule has 0 amide bonds. The maximum atomic E-state index is 10.6. The molecule has 4 N–H and O–H groups in total. The van der Waals surface area contributed by atoms with Crippen molar-refractivity contribution < 1.29 is 15.0 Å². The summed E-state index contributed by atoms with van der Waals surface area (Å²) in [5, 5.41) is 18.0. The molecule has 4 nitrogen and oxygen atoms in total. The van der Waals surface area contributed by atoms with E-state index in [2.05, 4.69) is 0 Å². The number of nitrogens with two attached hydrogens (primary N) is 1. The van der Waals surface area contributed by atoms with Gasteiger partial charge in [0.2, 0.25) is 0 Å². The van der Waals surface area contributed by atoms with Crippen molar-refractivity contribution in [1.29, 1.82) is 0 Å². The summed E-state index contributed by atoms with van der Waals surface area (Å²) in [6, 6.07) is 0. The SMILES string of the molecule is NC1(C(=O)O)CCCCC1O. The second kappa shape index (κ2) is 2.79. The first-order chi connectivity index (χ1) is 5.07. The second-order valence-corrected chi connectivity index (χ2v) is 3.11. The molecule has 0 spiro atoms. The molecule has 0 aromatic carbocycles. The second-order valence-electron chi connectivity index (χ2n) is 3.11. The van der Waals surface area contributed by atoms with E-state index in [0.717, 1.165) is 12.8 Å². The molecule has 11 heavy (non-hydrogen) atoms. The van der Waals surface area contributed by atoms with Gasteiger partial charge in [-0.25, -0.2) is 0 Å². The summed E-state index contributed by atoms with van der Waals surface area (Å²) in [5.41, 5.74) is 4.11. The summed E-state index contributed by atoms with van der Waals surface area (Å²) < 4.78 is 0. The van der Waals surface area contributed by atoms with Gasteiger partial charge in [0.05, 0.1) is 6.10 Å². The molecule has 1 aliphatic carbocycles. The molecule has 0 heterocycles. The van der Waals surface area contributed by atoms with Crippen molar-refractivity contribution in [3.63, 3.8) is 0 Å². The van der Waals surface area contributed by atoms with Crippen molar-refractivity contribution in [2.45, 2.75) is 37.3 Å². The number of aliphatic hydroxyl groups excluding tert-OH is 1. The van der Waals surface area contributed by atoms with Crippen LogP contribution in [-0.4, -0.2) is 27.8 Å². The number of aliphatic carboxylic acids is 1. The number of carboxylic acid groups (broad SMARTS) is 1. The molecule has 0 radical (unpaired) electrons. The van der Waals surface area contributed by atoms with Crippen LogP contribution in [0, 0.1) is 0 Å². The van der Waals surface area contributed by atoms with E-state index in [4.69, 9.17) is 10.8 Å². The Kier molecular flexibility index (Phi) is 2.15. The lowest BCUT2D eigenvalue weighted by Gasteiger charge is -2.33. The van der Waals surface area contributed by atoms with Gasteiger partial charge in [0.1, 0.15) is 5.54 Å². The third kappa shape index (κ3) is 1.36. The van der Waals surface area contributed by atoms with Gasteiger partial charge in [-0.2, -0.15) is 0 Å². The first-order valence-electron chi connectivity index (χ1n) is 3.78. The molecule has 1 fully saturated rings. The van der Waals surface area contributed by atoms with Gasteiger partial charge in [-0.05, 0) is 12.8 Å². The number of carbonyl (C=O) groups is 1. The van der Waals surface area contributed by atoms with E-state index in [1.165, 1.54) is 0 Å². The van der Waals surface area contributed by atoms with E-state index in [1.807, 2.05) is 0 Å². The van der Waals surface area contributed by atoms with Gasteiger partial charge in [0.15, 0.2) is 0 Å². The molecule has 4 heteroatoms. The van der Waals surface area contributed by atoms with E-state index in [9.17, 15) is 9.90 Å². The van der Waals surface area contributed by atoms with Crippen molar-refractivity contribution >= 4 is 5.97 Å². The monoisotopic (exact) mass is 159 g/mol. The number of hydrogen-bond acceptors (Lipinski definition) is 3. The quantitative estimate of drug-likeness (QED) is 0.490. The van der Waals surface area contributed by atoms with Crippen LogP contribution in [0.4, 0.5) is 0 Å². The molecule has 0 bridgehead atoms. The van der Waals surface area contributed by atoms with E-state index in [0.29, 0.717) is 12.8 Å². The van der Waals surface area contributed by atoms with Crippen LogP contribution >= 0.6 is 0 Å². The van der Waals surface area contributed by atoms with Crippen LogP contribution < -0.4 is 5.73 Å². The Balaban J connectivity index is 2.72. The molecule has 1 aliphatic rings.